The first-order valence-electron chi connectivity index (χ1n) is 14.5. The minimum Gasteiger partial charge on any atom is -0.382 e. The van der Waals surface area contributed by atoms with E-state index in [1.165, 1.54) is 17.0 Å². The molecule has 1 amide bonds. The molecule has 210 valence electrons. The number of pyridine rings is 1. The molecule has 2 aliphatic heterocycles. The number of carbonyl (C=O) groups excluding carboxylic acids is 1. The van der Waals surface area contributed by atoms with Crippen molar-refractivity contribution in [3.63, 3.8) is 0 Å². The van der Waals surface area contributed by atoms with Gasteiger partial charge in [0.25, 0.3) is 5.91 Å². The maximum Gasteiger partial charge on any atom is 0.292 e. The maximum absolute atomic E-state index is 13.2. The van der Waals surface area contributed by atoms with Crippen molar-refractivity contribution >= 4 is 27.2 Å². The van der Waals surface area contributed by atoms with Gasteiger partial charge in [0.15, 0.2) is 15.5 Å². The summed E-state index contributed by atoms with van der Waals surface area (Å²) < 4.78 is 51.0. The first-order chi connectivity index (χ1) is 20.9. The van der Waals surface area contributed by atoms with E-state index in [1.54, 1.807) is 30.6 Å². The topological polar surface area (TPSA) is 183 Å². The van der Waals surface area contributed by atoms with E-state index >= 15 is 0 Å². The van der Waals surface area contributed by atoms with Crippen LogP contribution in [-0.4, -0.2) is 82.1 Å². The highest BCUT2D eigenvalue weighted by atomic mass is 32.2. The zero-order chi connectivity index (χ0) is 31.0. The van der Waals surface area contributed by atoms with Gasteiger partial charge in [-0.15, -0.1) is 10.2 Å². The number of nitrogens with one attached hydrogen (secondary N) is 1. The van der Waals surface area contributed by atoms with Crippen molar-refractivity contribution in [1.29, 1.82) is 0 Å². The molecule has 7 rings (SSSR count). The Balaban J connectivity index is 1.26. The van der Waals surface area contributed by atoms with Crippen molar-refractivity contribution in [2.75, 3.05) is 12.0 Å². The van der Waals surface area contributed by atoms with Crippen molar-refractivity contribution in [1.82, 2.24) is 49.4 Å². The van der Waals surface area contributed by atoms with Crippen LogP contribution in [0.4, 0.5) is 5.82 Å². The molecule has 2 aliphatic rings. The smallest absolute Gasteiger partial charge is 0.292 e. The van der Waals surface area contributed by atoms with Gasteiger partial charge in [0.05, 0.1) is 17.6 Å². The van der Waals surface area contributed by atoms with E-state index < -0.39 is 16.8 Å². The molecule has 0 aromatic carbocycles. The molecule has 14 nitrogen and oxygen atoms in total. The third-order valence-corrected chi connectivity index (χ3v) is 9.09. The van der Waals surface area contributed by atoms with Gasteiger partial charge >= 0.3 is 0 Å². The largest absolute Gasteiger partial charge is 0.382 e. The molecule has 41 heavy (non-hydrogen) atoms. The number of anilines is 1. The molecular formula is C26H27N11O3S. The number of piperidine rings is 1. The lowest BCUT2D eigenvalue weighted by Crippen LogP contribution is -2.46. The number of aromatic amines is 1. The van der Waals surface area contributed by atoms with Gasteiger partial charge in [-0.3, -0.25) is 14.5 Å². The van der Waals surface area contributed by atoms with E-state index in [-0.39, 0.29) is 40.4 Å². The molecule has 15 heteroatoms. The van der Waals surface area contributed by atoms with Crippen molar-refractivity contribution in [2.45, 2.75) is 48.6 Å². The lowest BCUT2D eigenvalue weighted by atomic mass is 9.87. The van der Waals surface area contributed by atoms with Crippen LogP contribution in [0.5, 0.6) is 0 Å². The Morgan fingerprint density at radius 3 is 2.59 bits per heavy atom. The molecule has 3 atom stereocenters. The number of H-pyrrole nitrogens is 1. The van der Waals surface area contributed by atoms with E-state index in [0.717, 1.165) is 23.8 Å². The van der Waals surface area contributed by atoms with Crippen LogP contribution in [0.2, 0.25) is 0 Å². The lowest BCUT2D eigenvalue weighted by molar-refractivity contribution is 0.0556. The molecule has 0 saturated carbocycles. The third kappa shape index (κ3) is 4.15. The molecule has 0 unspecified atom stereocenters. The fourth-order valence-electron chi connectivity index (χ4n) is 6.21. The first-order valence-corrected chi connectivity index (χ1v) is 14.9. The first kappa shape index (κ1) is 22.1. The number of aryl methyl sites for hydroxylation is 1. The summed E-state index contributed by atoms with van der Waals surface area (Å²) in [5, 5.41) is 16.1. The van der Waals surface area contributed by atoms with Crippen molar-refractivity contribution < 1.29 is 17.3 Å². The Kier molecular flexibility index (Phi) is 4.95. The molecule has 0 radical (unpaired) electrons. The van der Waals surface area contributed by atoms with Crippen LogP contribution in [0.3, 0.4) is 0 Å². The quantitative estimate of drug-likeness (QED) is 0.313. The predicted octanol–water partition coefficient (Wildman–Crippen LogP) is 1.85. The molecule has 5 aromatic rings. The fraction of sp³-hybridized carbons (Fsp3) is 0.346. The number of sulfone groups is 1. The average Bonchev–Trinajstić information content (AvgIpc) is 3.78. The highest BCUT2D eigenvalue weighted by molar-refractivity contribution is 7.91. The monoisotopic (exact) mass is 576 g/mol. The van der Waals surface area contributed by atoms with Gasteiger partial charge in [0.2, 0.25) is 5.82 Å². The van der Waals surface area contributed by atoms with Crippen LogP contribution in [0.25, 0.3) is 28.2 Å². The van der Waals surface area contributed by atoms with Crippen LogP contribution in [-0.2, 0) is 16.8 Å². The van der Waals surface area contributed by atoms with E-state index in [1.807, 2.05) is 4.90 Å². The summed E-state index contributed by atoms with van der Waals surface area (Å²) in [7, 11) is -3.80. The van der Waals surface area contributed by atoms with Crippen LogP contribution in [0.15, 0.2) is 48.0 Å². The number of nitrogens with zero attached hydrogens (tertiary/aromatic N) is 9. The fourth-order valence-corrected chi connectivity index (χ4v) is 7.27. The lowest BCUT2D eigenvalue weighted by Gasteiger charge is -2.38. The van der Waals surface area contributed by atoms with Gasteiger partial charge in [-0.05, 0) is 37.8 Å². The average molecular weight is 577 g/mol. The second kappa shape index (κ2) is 9.19. The Labute approximate surface area is 238 Å². The number of hydrogen-bond donors (Lipinski definition) is 2. The molecule has 2 bridgehead atoms. The van der Waals surface area contributed by atoms with E-state index in [0.29, 0.717) is 46.7 Å². The van der Waals surface area contributed by atoms with Gasteiger partial charge < -0.3 is 15.6 Å². The summed E-state index contributed by atoms with van der Waals surface area (Å²) in [6.07, 6.45) is 9.59. The summed E-state index contributed by atoms with van der Waals surface area (Å²) in [5.41, 5.74) is 9.34. The van der Waals surface area contributed by atoms with E-state index in [2.05, 4.69) is 30.4 Å². The van der Waals surface area contributed by atoms with Gasteiger partial charge in [0.1, 0.15) is 22.7 Å². The number of fused-ring (bicyclic) bond motifs is 3. The number of carbonyl (C=O) groups is 1. The molecule has 3 N–H and O–H groups in total. The van der Waals surface area contributed by atoms with Crippen molar-refractivity contribution in [3.8, 4) is 22.5 Å². The number of nitrogens with two attached hydrogens (primary N) is 1. The van der Waals surface area contributed by atoms with Gasteiger partial charge in [-0.1, -0.05) is 6.07 Å². The van der Waals surface area contributed by atoms with Crippen molar-refractivity contribution in [3.05, 3.63) is 54.6 Å². The number of aromatic nitrogens is 9. The Hall–Kier alpha value is -4.66. The highest BCUT2D eigenvalue weighted by Gasteiger charge is 2.46. The van der Waals surface area contributed by atoms with Gasteiger partial charge in [0, 0.05) is 58.9 Å². The summed E-state index contributed by atoms with van der Waals surface area (Å²) in [5.74, 6) is -0.347. The molecular weight excluding hydrogens is 546 g/mol. The second-order valence-electron chi connectivity index (χ2n) is 10.5. The Morgan fingerprint density at radius 1 is 1.15 bits per heavy atom. The third-order valence-electron chi connectivity index (χ3n) is 7.93. The maximum atomic E-state index is 13.2. The zero-order valence-corrected chi connectivity index (χ0v) is 22.7. The summed E-state index contributed by atoms with van der Waals surface area (Å²) >= 11 is 0. The number of rotatable bonds is 5. The number of amides is 1. The molecule has 0 aliphatic carbocycles. The zero-order valence-electron chi connectivity index (χ0n) is 24.8. The van der Waals surface area contributed by atoms with Crippen LogP contribution >= 0.6 is 0 Å². The van der Waals surface area contributed by atoms with Crippen LogP contribution in [0, 0.1) is 0 Å². The standard InChI is InChI=1S/C26H27N11O3S/c1-35-8-7-20(34-35)19-6-3-14(11-28-19)18-12-31-37-23(27)22(41(2,39)40)21(32-25(18)37)15-9-16-4-5-17(10-15)36(16)26(38)24-29-13-30-33-24/h3,6-8,11-13,15-17H,4-5,9-10,27H2,1-2H3,(H,29,30,33)/t15-,16+,17-/i1D3. The number of hydrogen-bond acceptors (Lipinski definition) is 10. The molecule has 0 spiro atoms. The van der Waals surface area contributed by atoms with Crippen molar-refractivity contribution in [2.24, 2.45) is 6.98 Å². The van der Waals surface area contributed by atoms with E-state index in [9.17, 15) is 13.2 Å². The SMILES string of the molecule is [2H]C([2H])([2H])n1ccc(-c2ccc(-c3cnn4c(N)c(S(C)(=O)=O)c([C@H]5C[C@H]6CC[C@@H](C5)N6C(=O)c5nnc[nH]5)nc34)cn2)n1. The summed E-state index contributed by atoms with van der Waals surface area (Å²) in [6.45, 7) is -2.40. The second-order valence-corrected chi connectivity index (χ2v) is 12.4. The highest BCUT2D eigenvalue weighted by Crippen LogP contribution is 2.45. The summed E-state index contributed by atoms with van der Waals surface area (Å²) in [4.78, 5) is 27.1. The molecule has 5 aromatic heterocycles. The van der Waals surface area contributed by atoms with Crippen LogP contribution in [0.1, 0.15) is 52.0 Å². The summed E-state index contributed by atoms with van der Waals surface area (Å²) in [6, 6.07) is 4.83. The molecule has 2 fully saturated rings. The van der Waals surface area contributed by atoms with E-state index in [4.69, 9.17) is 14.8 Å². The Bertz CT molecular complexity index is 1990. The normalized spacial score (nSPS) is 22.0. The van der Waals surface area contributed by atoms with Gasteiger partial charge in [-0.25, -0.2) is 13.4 Å². The van der Waals surface area contributed by atoms with Gasteiger partial charge in [-0.2, -0.15) is 14.7 Å². The van der Waals surface area contributed by atoms with Crippen LogP contribution < -0.4 is 5.73 Å². The molecule has 7 heterocycles. The number of nitrogen functional groups attached to an aromatic ring is 1. The minimum absolute atomic E-state index is 0.0361. The minimum atomic E-state index is -3.80. The predicted molar refractivity (Wildman–Crippen MR) is 147 cm³/mol. The Morgan fingerprint density at radius 2 is 1.95 bits per heavy atom. The molecule has 2 saturated heterocycles.